The van der Waals surface area contributed by atoms with Crippen molar-refractivity contribution in [3.63, 3.8) is 0 Å². The molecule has 0 aliphatic rings. The SMILES string of the molecule is COc1ccc(-c2ccc(C=O)n2-c2ccc(C#N)cc2C)cc1. The molecule has 0 unspecified atom stereocenters. The molecule has 0 aliphatic carbocycles. The number of nitrogens with zero attached hydrogens (tertiary/aromatic N) is 2. The smallest absolute Gasteiger partial charge is 0.166 e. The van der Waals surface area contributed by atoms with E-state index in [4.69, 9.17) is 10.00 Å². The number of carbonyl (C=O) groups excluding carboxylic acids is 1. The van der Waals surface area contributed by atoms with Crippen molar-refractivity contribution in [1.29, 1.82) is 5.26 Å². The molecule has 1 heterocycles. The van der Waals surface area contributed by atoms with Gasteiger partial charge in [-0.25, -0.2) is 0 Å². The number of hydrogen-bond donors (Lipinski definition) is 0. The van der Waals surface area contributed by atoms with Crippen LogP contribution in [0.3, 0.4) is 0 Å². The molecule has 0 saturated carbocycles. The van der Waals surface area contributed by atoms with Crippen LogP contribution in [0.25, 0.3) is 16.9 Å². The fourth-order valence-electron chi connectivity index (χ4n) is 2.78. The second-order valence-electron chi connectivity index (χ2n) is 5.44. The van der Waals surface area contributed by atoms with E-state index in [2.05, 4.69) is 6.07 Å². The molecule has 0 spiro atoms. The van der Waals surface area contributed by atoms with Crippen molar-refractivity contribution in [2.24, 2.45) is 0 Å². The number of methoxy groups -OCH3 is 1. The van der Waals surface area contributed by atoms with E-state index in [1.54, 1.807) is 19.2 Å². The summed E-state index contributed by atoms with van der Waals surface area (Å²) in [6.45, 7) is 1.93. The molecule has 3 aromatic rings. The number of benzene rings is 2. The predicted molar refractivity (Wildman–Crippen MR) is 92.6 cm³/mol. The van der Waals surface area contributed by atoms with E-state index in [0.717, 1.165) is 34.5 Å². The minimum atomic E-state index is 0.564. The number of aldehydes is 1. The molecule has 0 radical (unpaired) electrons. The lowest BCUT2D eigenvalue weighted by Crippen LogP contribution is -2.03. The van der Waals surface area contributed by atoms with Crippen molar-refractivity contribution in [3.05, 3.63) is 71.4 Å². The topological polar surface area (TPSA) is 55.0 Å². The van der Waals surface area contributed by atoms with Gasteiger partial charge in [0.25, 0.3) is 0 Å². The van der Waals surface area contributed by atoms with Crippen LogP contribution in [0.1, 0.15) is 21.6 Å². The van der Waals surface area contributed by atoms with Crippen molar-refractivity contribution < 1.29 is 9.53 Å². The van der Waals surface area contributed by atoms with E-state index in [9.17, 15) is 4.79 Å². The van der Waals surface area contributed by atoms with Gasteiger partial charge in [0.05, 0.1) is 30.1 Å². The van der Waals surface area contributed by atoms with Crippen LogP contribution in [-0.4, -0.2) is 18.0 Å². The van der Waals surface area contributed by atoms with Gasteiger partial charge in [-0.3, -0.25) is 4.79 Å². The van der Waals surface area contributed by atoms with Gasteiger partial charge in [-0.1, -0.05) is 0 Å². The Morgan fingerprint density at radius 2 is 1.83 bits per heavy atom. The Bertz CT molecular complexity index is 931. The van der Waals surface area contributed by atoms with E-state index in [0.29, 0.717) is 11.3 Å². The first kappa shape index (κ1) is 15.6. The Morgan fingerprint density at radius 1 is 1.08 bits per heavy atom. The van der Waals surface area contributed by atoms with Gasteiger partial charge >= 0.3 is 0 Å². The highest BCUT2D eigenvalue weighted by Crippen LogP contribution is 2.29. The molecule has 4 nitrogen and oxygen atoms in total. The van der Waals surface area contributed by atoms with Crippen molar-refractivity contribution in [2.75, 3.05) is 7.11 Å². The van der Waals surface area contributed by atoms with Crippen LogP contribution in [0.2, 0.25) is 0 Å². The monoisotopic (exact) mass is 316 g/mol. The highest BCUT2D eigenvalue weighted by molar-refractivity contribution is 5.79. The number of aryl methyl sites for hydroxylation is 1. The second kappa shape index (κ2) is 6.43. The number of ether oxygens (including phenoxy) is 1. The first-order valence-electron chi connectivity index (χ1n) is 7.50. The lowest BCUT2D eigenvalue weighted by molar-refractivity contribution is 0.111. The van der Waals surface area contributed by atoms with Crippen LogP contribution >= 0.6 is 0 Å². The molecule has 2 aromatic carbocycles. The zero-order valence-electron chi connectivity index (χ0n) is 13.5. The number of rotatable bonds is 4. The van der Waals surface area contributed by atoms with E-state index >= 15 is 0 Å². The molecule has 0 N–H and O–H groups in total. The first-order chi connectivity index (χ1) is 11.7. The molecule has 0 saturated heterocycles. The molecule has 118 valence electrons. The predicted octanol–water partition coefficient (Wildman–Crippen LogP) is 4.15. The number of carbonyl (C=O) groups is 1. The third-order valence-electron chi connectivity index (χ3n) is 3.98. The molecular formula is C20H16N2O2. The van der Waals surface area contributed by atoms with Gasteiger partial charge in [-0.2, -0.15) is 5.26 Å². The average molecular weight is 316 g/mol. The summed E-state index contributed by atoms with van der Waals surface area (Å²) >= 11 is 0. The minimum Gasteiger partial charge on any atom is -0.497 e. The molecule has 0 amide bonds. The second-order valence-corrected chi connectivity index (χ2v) is 5.44. The fourth-order valence-corrected chi connectivity index (χ4v) is 2.78. The van der Waals surface area contributed by atoms with Gasteiger partial charge in [0, 0.05) is 5.69 Å². The summed E-state index contributed by atoms with van der Waals surface area (Å²) in [6.07, 6.45) is 0.838. The van der Waals surface area contributed by atoms with Crippen molar-refractivity contribution in [2.45, 2.75) is 6.92 Å². The Kier molecular flexibility index (Phi) is 4.17. The lowest BCUT2D eigenvalue weighted by Gasteiger charge is -2.14. The van der Waals surface area contributed by atoms with Gasteiger partial charge in [0.15, 0.2) is 6.29 Å². The Hall–Kier alpha value is -3.32. The summed E-state index contributed by atoms with van der Waals surface area (Å²) in [5.74, 6) is 0.780. The van der Waals surface area contributed by atoms with Crippen molar-refractivity contribution in [3.8, 4) is 28.8 Å². The molecular weight excluding hydrogens is 300 g/mol. The van der Waals surface area contributed by atoms with Crippen LogP contribution < -0.4 is 4.74 Å². The molecule has 1 aromatic heterocycles. The standard InChI is InChI=1S/C20H16N2O2/c1-14-11-15(12-21)3-9-19(14)22-17(13-23)6-10-20(22)16-4-7-18(24-2)8-5-16/h3-11,13H,1-2H3. The number of hydrogen-bond acceptors (Lipinski definition) is 3. The summed E-state index contributed by atoms with van der Waals surface area (Å²) < 4.78 is 7.11. The maximum Gasteiger partial charge on any atom is 0.166 e. The van der Waals surface area contributed by atoms with Crippen LogP contribution in [0, 0.1) is 18.3 Å². The Balaban J connectivity index is 2.18. The molecule has 0 bridgehead atoms. The van der Waals surface area contributed by atoms with E-state index in [1.165, 1.54) is 0 Å². The normalized spacial score (nSPS) is 10.2. The maximum absolute atomic E-state index is 11.5. The zero-order valence-corrected chi connectivity index (χ0v) is 13.5. The minimum absolute atomic E-state index is 0.564. The summed E-state index contributed by atoms with van der Waals surface area (Å²) in [7, 11) is 1.63. The van der Waals surface area contributed by atoms with Crippen LogP contribution in [0.5, 0.6) is 5.75 Å². The van der Waals surface area contributed by atoms with Gasteiger partial charge in [-0.15, -0.1) is 0 Å². The molecule has 0 atom stereocenters. The molecule has 0 fully saturated rings. The summed E-state index contributed by atoms with van der Waals surface area (Å²) in [4.78, 5) is 11.5. The molecule has 0 aliphatic heterocycles. The number of aromatic nitrogens is 1. The molecule has 24 heavy (non-hydrogen) atoms. The van der Waals surface area contributed by atoms with Crippen molar-refractivity contribution in [1.82, 2.24) is 4.57 Å². The van der Waals surface area contributed by atoms with E-state index in [-0.39, 0.29) is 0 Å². The Morgan fingerprint density at radius 3 is 2.42 bits per heavy atom. The van der Waals surface area contributed by atoms with Crippen molar-refractivity contribution >= 4 is 6.29 Å². The van der Waals surface area contributed by atoms with E-state index in [1.807, 2.05) is 54.0 Å². The summed E-state index contributed by atoms with van der Waals surface area (Å²) in [5, 5.41) is 9.04. The lowest BCUT2D eigenvalue weighted by atomic mass is 10.1. The fraction of sp³-hybridized carbons (Fsp3) is 0.100. The first-order valence-corrected chi connectivity index (χ1v) is 7.50. The van der Waals surface area contributed by atoms with Gasteiger partial charge in [0.1, 0.15) is 5.75 Å². The third-order valence-corrected chi connectivity index (χ3v) is 3.98. The maximum atomic E-state index is 11.5. The van der Waals surface area contributed by atoms with Crippen LogP contribution in [0.4, 0.5) is 0 Å². The van der Waals surface area contributed by atoms with Gasteiger partial charge < -0.3 is 9.30 Å². The average Bonchev–Trinajstić information content (AvgIpc) is 3.05. The molecule has 3 rings (SSSR count). The summed E-state index contributed by atoms with van der Waals surface area (Å²) in [6, 6.07) is 19.0. The number of nitriles is 1. The largest absolute Gasteiger partial charge is 0.497 e. The summed E-state index contributed by atoms with van der Waals surface area (Å²) in [5.41, 5.74) is 4.87. The van der Waals surface area contributed by atoms with E-state index < -0.39 is 0 Å². The third kappa shape index (κ3) is 2.68. The van der Waals surface area contributed by atoms with Crippen LogP contribution in [-0.2, 0) is 0 Å². The zero-order chi connectivity index (χ0) is 17.1. The highest BCUT2D eigenvalue weighted by Gasteiger charge is 2.13. The quantitative estimate of drug-likeness (QED) is 0.680. The van der Waals surface area contributed by atoms with Gasteiger partial charge in [0.2, 0.25) is 0 Å². The van der Waals surface area contributed by atoms with Crippen LogP contribution in [0.15, 0.2) is 54.6 Å². The Labute approximate surface area is 140 Å². The molecule has 4 heteroatoms. The van der Waals surface area contributed by atoms with Gasteiger partial charge in [-0.05, 0) is 72.6 Å². The highest BCUT2D eigenvalue weighted by atomic mass is 16.5.